The fourth-order valence-corrected chi connectivity index (χ4v) is 2.37. The molecule has 0 saturated heterocycles. The number of hydrogen-bond donors (Lipinski definition) is 0. The van der Waals surface area contributed by atoms with E-state index in [4.69, 9.17) is 4.74 Å². The molecule has 0 saturated carbocycles. The summed E-state index contributed by atoms with van der Waals surface area (Å²) in [5.41, 5.74) is -5.12. The highest BCUT2D eigenvalue weighted by molar-refractivity contribution is 7.88. The first-order valence-corrected chi connectivity index (χ1v) is 8.05. The highest BCUT2D eigenvalue weighted by Gasteiger charge is 2.48. The van der Waals surface area contributed by atoms with Crippen LogP contribution in [0.4, 0.5) is 13.2 Å². The summed E-state index contributed by atoms with van der Waals surface area (Å²) in [5.74, 6) is -1.27. The van der Waals surface area contributed by atoms with E-state index in [0.29, 0.717) is 0 Å². The van der Waals surface area contributed by atoms with E-state index < -0.39 is 27.3 Å². The molecule has 0 aliphatic carbocycles. The van der Waals surface area contributed by atoms with Gasteiger partial charge in [0.05, 0.1) is 17.7 Å². The fraction of sp³-hybridized carbons (Fsp3) is 0.286. The zero-order chi connectivity index (χ0) is 18.1. The molecule has 24 heavy (non-hydrogen) atoms. The van der Waals surface area contributed by atoms with Crippen LogP contribution in [0, 0.1) is 6.92 Å². The van der Waals surface area contributed by atoms with Crippen LogP contribution < -0.4 is 4.18 Å². The van der Waals surface area contributed by atoms with Crippen molar-refractivity contribution in [3.05, 3.63) is 35.5 Å². The predicted octanol–water partition coefficient (Wildman–Crippen LogP) is 2.95. The minimum absolute atomic E-state index is 0.0317. The molecule has 0 aliphatic heterocycles. The van der Waals surface area contributed by atoms with Crippen molar-refractivity contribution in [1.29, 1.82) is 0 Å². The topological polar surface area (TPSA) is 82.6 Å². The number of aryl methyl sites for hydroxylation is 1. The monoisotopic (exact) mass is 363 g/mol. The van der Waals surface area contributed by atoms with Gasteiger partial charge in [0.15, 0.2) is 5.75 Å². The standard InChI is InChI=1S/C14H12F3NO5S/c1-3-22-13(19)9-4-5-11-10(7-9)12(6-8(2)18-11)23-24(20,21)14(15,16)17/h4-7H,3H2,1-2H3. The molecule has 2 aromatic rings. The molecule has 1 aromatic carbocycles. The quantitative estimate of drug-likeness (QED) is 0.472. The van der Waals surface area contributed by atoms with Crippen molar-refractivity contribution in [1.82, 2.24) is 4.98 Å². The van der Waals surface area contributed by atoms with Gasteiger partial charge in [-0.3, -0.25) is 4.98 Å². The number of alkyl halides is 3. The van der Waals surface area contributed by atoms with Crippen LogP contribution in [-0.2, 0) is 14.9 Å². The van der Waals surface area contributed by atoms with Crippen LogP contribution in [0.5, 0.6) is 5.75 Å². The molecule has 0 amide bonds. The molecule has 0 bridgehead atoms. The van der Waals surface area contributed by atoms with Crippen molar-refractivity contribution in [3.63, 3.8) is 0 Å². The highest BCUT2D eigenvalue weighted by Crippen LogP contribution is 2.32. The van der Waals surface area contributed by atoms with E-state index in [2.05, 4.69) is 9.17 Å². The summed E-state index contributed by atoms with van der Waals surface area (Å²) < 4.78 is 69.1. The van der Waals surface area contributed by atoms with Crippen LogP contribution in [-0.4, -0.2) is 31.5 Å². The molecule has 1 aromatic heterocycles. The number of pyridine rings is 1. The first kappa shape index (κ1) is 18.0. The number of benzene rings is 1. The van der Waals surface area contributed by atoms with E-state index >= 15 is 0 Å². The zero-order valence-corrected chi connectivity index (χ0v) is 13.4. The molecule has 0 fully saturated rings. The van der Waals surface area contributed by atoms with Gasteiger partial charge in [-0.25, -0.2) is 4.79 Å². The smallest absolute Gasteiger partial charge is 0.462 e. The zero-order valence-electron chi connectivity index (χ0n) is 12.5. The Balaban J connectivity index is 2.60. The summed E-state index contributed by atoms with van der Waals surface area (Å²) in [6.07, 6.45) is 0. The second-order valence-corrected chi connectivity index (χ2v) is 6.24. The van der Waals surface area contributed by atoms with Crippen molar-refractivity contribution in [3.8, 4) is 5.75 Å². The predicted molar refractivity (Wildman–Crippen MR) is 78.0 cm³/mol. The minimum Gasteiger partial charge on any atom is -0.462 e. The third kappa shape index (κ3) is 3.58. The molecule has 10 heteroatoms. The van der Waals surface area contributed by atoms with E-state index in [0.717, 1.165) is 6.07 Å². The van der Waals surface area contributed by atoms with Gasteiger partial charge < -0.3 is 8.92 Å². The Labute approximate surface area is 135 Å². The molecule has 1 heterocycles. The molecular formula is C14H12F3NO5S. The Morgan fingerprint density at radius 2 is 1.92 bits per heavy atom. The molecule has 0 unspecified atom stereocenters. The van der Waals surface area contributed by atoms with E-state index in [1.165, 1.54) is 25.1 Å². The molecule has 2 rings (SSSR count). The molecule has 0 N–H and O–H groups in total. The van der Waals surface area contributed by atoms with E-state index in [1.54, 1.807) is 6.92 Å². The number of rotatable bonds is 4. The van der Waals surface area contributed by atoms with Gasteiger partial charge in [0.25, 0.3) is 0 Å². The van der Waals surface area contributed by atoms with Gasteiger partial charge in [0.2, 0.25) is 0 Å². The van der Waals surface area contributed by atoms with Crippen molar-refractivity contribution in [2.45, 2.75) is 19.4 Å². The highest BCUT2D eigenvalue weighted by atomic mass is 32.2. The number of halogens is 3. The summed E-state index contributed by atoms with van der Waals surface area (Å²) in [4.78, 5) is 15.8. The molecule has 130 valence electrons. The number of ether oxygens (including phenoxy) is 1. The van der Waals surface area contributed by atoms with Crippen molar-refractivity contribution < 1.29 is 35.3 Å². The lowest BCUT2D eigenvalue weighted by Crippen LogP contribution is -2.28. The molecular weight excluding hydrogens is 351 g/mol. The van der Waals surface area contributed by atoms with Crippen LogP contribution in [0.2, 0.25) is 0 Å². The molecule has 0 spiro atoms. The first-order valence-electron chi connectivity index (χ1n) is 6.64. The maximum Gasteiger partial charge on any atom is 0.534 e. The Kier molecular flexibility index (Phi) is 4.70. The van der Waals surface area contributed by atoms with Crippen molar-refractivity contribution >= 4 is 27.0 Å². The number of hydrogen-bond acceptors (Lipinski definition) is 6. The Bertz CT molecular complexity index is 893. The fourth-order valence-electron chi connectivity index (χ4n) is 1.90. The average molecular weight is 363 g/mol. The molecule has 0 radical (unpaired) electrons. The molecule has 0 aliphatic rings. The van der Waals surface area contributed by atoms with Crippen LogP contribution in [0.25, 0.3) is 10.9 Å². The summed E-state index contributed by atoms with van der Waals surface area (Å²) in [7, 11) is -5.85. The van der Waals surface area contributed by atoms with Gasteiger partial charge in [-0.2, -0.15) is 21.6 Å². The Morgan fingerprint density at radius 3 is 2.50 bits per heavy atom. The number of nitrogens with zero attached hydrogens (tertiary/aromatic N) is 1. The summed E-state index contributed by atoms with van der Waals surface area (Å²) in [6, 6.07) is 4.94. The largest absolute Gasteiger partial charge is 0.534 e. The number of aromatic nitrogens is 1. The van der Waals surface area contributed by atoms with Gasteiger partial charge >= 0.3 is 21.6 Å². The summed E-state index contributed by atoms with van der Waals surface area (Å²) in [5, 5.41) is -0.0565. The second-order valence-electron chi connectivity index (χ2n) is 4.70. The second kappa shape index (κ2) is 6.27. The van der Waals surface area contributed by atoms with Gasteiger partial charge in [-0.05, 0) is 32.0 Å². The van der Waals surface area contributed by atoms with Crippen LogP contribution in [0.15, 0.2) is 24.3 Å². The van der Waals surface area contributed by atoms with Crippen LogP contribution in [0.3, 0.4) is 0 Å². The van der Waals surface area contributed by atoms with Gasteiger partial charge in [0, 0.05) is 17.1 Å². The van der Waals surface area contributed by atoms with E-state index in [-0.39, 0.29) is 28.8 Å². The third-order valence-electron chi connectivity index (χ3n) is 2.89. The van der Waals surface area contributed by atoms with E-state index in [9.17, 15) is 26.4 Å². The van der Waals surface area contributed by atoms with Gasteiger partial charge in [-0.15, -0.1) is 0 Å². The van der Waals surface area contributed by atoms with Crippen LogP contribution >= 0.6 is 0 Å². The number of fused-ring (bicyclic) bond motifs is 1. The average Bonchev–Trinajstić information content (AvgIpc) is 2.45. The SMILES string of the molecule is CCOC(=O)c1ccc2nc(C)cc(OS(=O)(=O)C(F)(F)F)c2c1. The van der Waals surface area contributed by atoms with Gasteiger partial charge in [-0.1, -0.05) is 0 Å². The molecule has 0 atom stereocenters. The lowest BCUT2D eigenvalue weighted by molar-refractivity contribution is -0.0499. The van der Waals surface area contributed by atoms with Gasteiger partial charge in [0.1, 0.15) is 0 Å². The van der Waals surface area contributed by atoms with Crippen molar-refractivity contribution in [2.24, 2.45) is 0 Å². The number of carbonyl (C=O) groups excluding carboxylic acids is 1. The normalized spacial score (nSPS) is 12.2. The molecule has 6 nitrogen and oxygen atoms in total. The van der Waals surface area contributed by atoms with E-state index in [1.807, 2.05) is 0 Å². The Hall–Kier alpha value is -2.36. The first-order chi connectivity index (χ1) is 11.0. The van der Waals surface area contributed by atoms with Crippen LogP contribution in [0.1, 0.15) is 23.0 Å². The number of esters is 1. The third-order valence-corrected chi connectivity index (χ3v) is 3.86. The maximum atomic E-state index is 12.5. The number of carbonyl (C=O) groups is 1. The summed E-state index contributed by atoms with van der Waals surface area (Å²) >= 11 is 0. The lowest BCUT2D eigenvalue weighted by atomic mass is 10.1. The summed E-state index contributed by atoms with van der Waals surface area (Å²) in [6.45, 7) is 3.16. The maximum absolute atomic E-state index is 12.5. The van der Waals surface area contributed by atoms with Crippen molar-refractivity contribution in [2.75, 3.05) is 6.61 Å². The lowest BCUT2D eigenvalue weighted by Gasteiger charge is -2.12. The Morgan fingerprint density at radius 1 is 1.25 bits per heavy atom. The minimum atomic E-state index is -5.85.